The number of carbonyl (C=O) groups excluding carboxylic acids is 2. The second-order valence-electron chi connectivity index (χ2n) is 4.15. The highest BCUT2D eigenvalue weighted by atomic mass is 16.2. The molecule has 0 saturated heterocycles. The molecule has 21 heavy (non-hydrogen) atoms. The molecule has 0 atom stereocenters. The Morgan fingerprint density at radius 2 is 1.76 bits per heavy atom. The minimum Gasteiger partial charge on any atom is -0.344 e. The maximum absolute atomic E-state index is 11.6. The summed E-state index contributed by atoms with van der Waals surface area (Å²) in [5, 5.41) is 6.22. The Hall–Kier alpha value is -3.02. The number of hydrogen-bond donors (Lipinski definition) is 2. The van der Waals surface area contributed by atoms with E-state index in [1.807, 2.05) is 30.3 Å². The van der Waals surface area contributed by atoms with Crippen molar-refractivity contribution in [2.45, 2.75) is 6.54 Å². The Morgan fingerprint density at radius 3 is 2.48 bits per heavy atom. The van der Waals surface area contributed by atoms with E-state index < -0.39 is 11.8 Å². The van der Waals surface area contributed by atoms with Crippen LogP contribution in [-0.2, 0) is 16.1 Å². The number of pyridine rings is 1. The van der Waals surface area contributed by atoms with Crippen molar-refractivity contribution in [3.05, 3.63) is 66.0 Å². The summed E-state index contributed by atoms with van der Waals surface area (Å²) >= 11 is 0. The highest BCUT2D eigenvalue weighted by Gasteiger charge is 2.11. The summed E-state index contributed by atoms with van der Waals surface area (Å²) < 4.78 is 0. The van der Waals surface area contributed by atoms with Gasteiger partial charge in [0.15, 0.2) is 0 Å². The summed E-state index contributed by atoms with van der Waals surface area (Å²) in [6.45, 7) is 0.293. The molecule has 2 N–H and O–H groups in total. The van der Waals surface area contributed by atoms with Gasteiger partial charge < -0.3 is 5.32 Å². The molecule has 6 heteroatoms. The predicted molar refractivity (Wildman–Crippen MR) is 78.3 cm³/mol. The topological polar surface area (TPSA) is 83.5 Å². The van der Waals surface area contributed by atoms with Crippen molar-refractivity contribution in [2.75, 3.05) is 0 Å². The first-order valence-corrected chi connectivity index (χ1v) is 6.31. The third-order valence-electron chi connectivity index (χ3n) is 2.59. The predicted octanol–water partition coefficient (Wildman–Crippen LogP) is 0.848. The molecule has 0 aliphatic rings. The van der Waals surface area contributed by atoms with Gasteiger partial charge in [0, 0.05) is 18.9 Å². The fraction of sp³-hybridized carbons (Fsp3) is 0.0667. The SMILES string of the molecule is O=C(NCc1ccccc1)C(=O)N/N=C\c1ccncc1. The number of hydrogen-bond acceptors (Lipinski definition) is 4. The van der Waals surface area contributed by atoms with E-state index in [-0.39, 0.29) is 0 Å². The largest absolute Gasteiger partial charge is 0.344 e. The van der Waals surface area contributed by atoms with E-state index in [1.54, 1.807) is 24.5 Å². The van der Waals surface area contributed by atoms with E-state index in [9.17, 15) is 9.59 Å². The van der Waals surface area contributed by atoms with Gasteiger partial charge in [-0.05, 0) is 23.3 Å². The third-order valence-corrected chi connectivity index (χ3v) is 2.59. The quantitative estimate of drug-likeness (QED) is 0.495. The lowest BCUT2D eigenvalue weighted by Crippen LogP contribution is -2.37. The lowest BCUT2D eigenvalue weighted by atomic mass is 10.2. The van der Waals surface area contributed by atoms with Gasteiger partial charge in [0.2, 0.25) is 0 Å². The molecular weight excluding hydrogens is 268 g/mol. The fourth-order valence-corrected chi connectivity index (χ4v) is 1.52. The van der Waals surface area contributed by atoms with Gasteiger partial charge in [-0.1, -0.05) is 30.3 Å². The molecule has 6 nitrogen and oxygen atoms in total. The van der Waals surface area contributed by atoms with Crippen LogP contribution in [0.25, 0.3) is 0 Å². The molecule has 0 radical (unpaired) electrons. The van der Waals surface area contributed by atoms with Crippen LogP contribution in [0.1, 0.15) is 11.1 Å². The Kier molecular flexibility index (Phi) is 5.17. The lowest BCUT2D eigenvalue weighted by Gasteiger charge is -2.03. The zero-order valence-electron chi connectivity index (χ0n) is 11.2. The van der Waals surface area contributed by atoms with Gasteiger partial charge >= 0.3 is 11.8 Å². The summed E-state index contributed by atoms with van der Waals surface area (Å²) in [6.07, 6.45) is 4.65. The number of benzene rings is 1. The molecular formula is C15H14N4O2. The van der Waals surface area contributed by atoms with E-state index in [2.05, 4.69) is 20.8 Å². The minimum atomic E-state index is -0.809. The summed E-state index contributed by atoms with van der Waals surface area (Å²) in [5.41, 5.74) is 3.85. The molecule has 0 saturated carbocycles. The maximum Gasteiger partial charge on any atom is 0.329 e. The number of amides is 2. The summed E-state index contributed by atoms with van der Waals surface area (Å²) in [4.78, 5) is 26.9. The molecule has 0 bridgehead atoms. The van der Waals surface area contributed by atoms with Crippen LogP contribution < -0.4 is 10.7 Å². The molecule has 1 aromatic carbocycles. The van der Waals surface area contributed by atoms with Crippen LogP contribution in [0.5, 0.6) is 0 Å². The van der Waals surface area contributed by atoms with Crippen molar-refractivity contribution in [3.63, 3.8) is 0 Å². The van der Waals surface area contributed by atoms with Crippen LogP contribution in [0.3, 0.4) is 0 Å². The number of nitrogens with zero attached hydrogens (tertiary/aromatic N) is 2. The second-order valence-corrected chi connectivity index (χ2v) is 4.15. The smallest absolute Gasteiger partial charge is 0.329 e. The molecule has 1 aromatic heterocycles. The zero-order chi connectivity index (χ0) is 14.9. The van der Waals surface area contributed by atoms with Gasteiger partial charge in [-0.3, -0.25) is 14.6 Å². The Labute approximate surface area is 121 Å². The number of nitrogens with one attached hydrogen (secondary N) is 2. The first-order valence-electron chi connectivity index (χ1n) is 6.31. The van der Waals surface area contributed by atoms with Crippen LogP contribution in [0.4, 0.5) is 0 Å². The molecule has 0 aliphatic heterocycles. The second kappa shape index (κ2) is 7.54. The van der Waals surface area contributed by atoms with Crippen molar-refractivity contribution in [1.29, 1.82) is 0 Å². The van der Waals surface area contributed by atoms with Gasteiger partial charge in [0.1, 0.15) is 0 Å². The van der Waals surface area contributed by atoms with Crippen LogP contribution >= 0.6 is 0 Å². The summed E-state index contributed by atoms with van der Waals surface area (Å²) in [5.74, 6) is -1.54. The van der Waals surface area contributed by atoms with Crippen molar-refractivity contribution < 1.29 is 9.59 Å². The van der Waals surface area contributed by atoms with Crippen LogP contribution in [0.15, 0.2) is 60.0 Å². The summed E-state index contributed by atoms with van der Waals surface area (Å²) in [6, 6.07) is 12.8. The molecule has 0 fully saturated rings. The maximum atomic E-state index is 11.6. The number of carbonyl (C=O) groups is 2. The molecule has 2 rings (SSSR count). The average molecular weight is 282 g/mol. The van der Waals surface area contributed by atoms with Crippen LogP contribution in [0, 0.1) is 0 Å². The molecule has 0 unspecified atom stereocenters. The number of aromatic nitrogens is 1. The van der Waals surface area contributed by atoms with Crippen molar-refractivity contribution >= 4 is 18.0 Å². The van der Waals surface area contributed by atoms with E-state index >= 15 is 0 Å². The van der Waals surface area contributed by atoms with E-state index in [0.717, 1.165) is 11.1 Å². The number of rotatable bonds is 4. The van der Waals surface area contributed by atoms with E-state index in [4.69, 9.17) is 0 Å². The van der Waals surface area contributed by atoms with Gasteiger partial charge in [-0.25, -0.2) is 5.43 Å². The minimum absolute atomic E-state index is 0.293. The molecule has 2 amide bonds. The van der Waals surface area contributed by atoms with Crippen molar-refractivity contribution in [3.8, 4) is 0 Å². The molecule has 106 valence electrons. The zero-order valence-corrected chi connectivity index (χ0v) is 11.2. The van der Waals surface area contributed by atoms with Crippen LogP contribution in [0.2, 0.25) is 0 Å². The van der Waals surface area contributed by atoms with Crippen molar-refractivity contribution in [1.82, 2.24) is 15.7 Å². The Morgan fingerprint density at radius 1 is 1.05 bits per heavy atom. The van der Waals surface area contributed by atoms with Gasteiger partial charge in [0.25, 0.3) is 0 Å². The lowest BCUT2D eigenvalue weighted by molar-refractivity contribution is -0.139. The molecule has 0 aliphatic carbocycles. The molecule has 2 aromatic rings. The standard InChI is InChI=1S/C15H14N4O2/c20-14(17-10-12-4-2-1-3-5-12)15(21)19-18-11-13-6-8-16-9-7-13/h1-9,11H,10H2,(H,17,20)(H,19,21)/b18-11-. The Bertz CT molecular complexity index is 627. The molecule has 0 spiro atoms. The molecule has 1 heterocycles. The average Bonchev–Trinajstić information content (AvgIpc) is 2.54. The highest BCUT2D eigenvalue weighted by molar-refractivity contribution is 6.35. The monoisotopic (exact) mass is 282 g/mol. The van der Waals surface area contributed by atoms with Crippen LogP contribution in [-0.4, -0.2) is 23.0 Å². The first kappa shape index (κ1) is 14.4. The normalized spacial score (nSPS) is 10.3. The third kappa shape index (κ3) is 4.87. The van der Waals surface area contributed by atoms with E-state index in [1.165, 1.54) is 6.21 Å². The van der Waals surface area contributed by atoms with Gasteiger partial charge in [-0.15, -0.1) is 0 Å². The summed E-state index contributed by atoms with van der Waals surface area (Å²) in [7, 11) is 0. The fourth-order valence-electron chi connectivity index (χ4n) is 1.52. The first-order chi connectivity index (χ1) is 10.3. The van der Waals surface area contributed by atoms with E-state index in [0.29, 0.717) is 6.54 Å². The highest BCUT2D eigenvalue weighted by Crippen LogP contribution is 1.96. The van der Waals surface area contributed by atoms with Gasteiger partial charge in [0.05, 0.1) is 6.21 Å². The number of hydrazone groups is 1. The van der Waals surface area contributed by atoms with Crippen molar-refractivity contribution in [2.24, 2.45) is 5.10 Å². The Balaban J connectivity index is 1.78. The van der Waals surface area contributed by atoms with Gasteiger partial charge in [-0.2, -0.15) is 5.10 Å².